The molecule has 1 amide bonds. The molecule has 2 N–H and O–H groups in total. The molecule has 0 unspecified atom stereocenters. The van der Waals surface area contributed by atoms with Crippen LogP contribution in [-0.2, 0) is 13.6 Å². The van der Waals surface area contributed by atoms with Gasteiger partial charge < -0.3 is 15.5 Å². The van der Waals surface area contributed by atoms with E-state index < -0.39 is 0 Å². The number of rotatable bonds is 6. The smallest absolute Gasteiger partial charge is 0.255 e. The maximum Gasteiger partial charge on any atom is 0.255 e. The molecular weight excluding hydrogens is 510 g/mol. The molecule has 0 bridgehead atoms. The third-order valence-corrected chi connectivity index (χ3v) is 7.32. The Hall–Kier alpha value is -4.45. The van der Waals surface area contributed by atoms with Crippen molar-refractivity contribution in [2.24, 2.45) is 12.0 Å². The molecule has 3 aromatic rings. The summed E-state index contributed by atoms with van der Waals surface area (Å²) in [5, 5.41) is 10.7. The zero-order valence-electron chi connectivity index (χ0n) is 24.2. The number of anilines is 2. The quantitative estimate of drug-likeness (QED) is 0.436. The van der Waals surface area contributed by atoms with E-state index in [2.05, 4.69) is 61.5 Å². The maximum absolute atomic E-state index is 13.0. The minimum absolute atomic E-state index is 0.152. The van der Waals surface area contributed by atoms with Gasteiger partial charge in [-0.1, -0.05) is 36.1 Å². The number of carbonyl (C=O) groups excluding carboxylic acids is 1. The lowest BCUT2D eigenvalue weighted by molar-refractivity contribution is 0.102. The van der Waals surface area contributed by atoms with Crippen molar-refractivity contribution in [3.05, 3.63) is 100 Å². The Labute approximate surface area is 242 Å². The summed E-state index contributed by atoms with van der Waals surface area (Å²) >= 11 is 0. The van der Waals surface area contributed by atoms with Crippen LogP contribution in [0, 0.1) is 25.7 Å². The number of hydrogen-bond donors (Lipinski definition) is 2. The van der Waals surface area contributed by atoms with Crippen LogP contribution < -0.4 is 10.6 Å². The van der Waals surface area contributed by atoms with Crippen LogP contribution in [0.2, 0.25) is 0 Å². The van der Waals surface area contributed by atoms with Crippen LogP contribution in [0.25, 0.3) is 0 Å². The third-order valence-electron chi connectivity index (χ3n) is 7.32. The second-order valence-corrected chi connectivity index (χ2v) is 10.7. The Morgan fingerprint density at radius 1 is 0.976 bits per heavy atom. The van der Waals surface area contributed by atoms with Crippen molar-refractivity contribution < 1.29 is 4.79 Å². The fourth-order valence-electron chi connectivity index (χ4n) is 4.77. The van der Waals surface area contributed by atoms with Gasteiger partial charge in [-0.3, -0.25) is 14.4 Å². The molecular formula is C33H37N7O. The summed E-state index contributed by atoms with van der Waals surface area (Å²) in [5.74, 6) is 7.07. The van der Waals surface area contributed by atoms with Gasteiger partial charge in [-0.05, 0) is 68.8 Å². The molecule has 0 radical (unpaired) electrons. The number of allylic oxidation sites excluding steroid dienone is 3. The monoisotopic (exact) mass is 547 g/mol. The molecule has 210 valence electrons. The molecule has 0 saturated carbocycles. The van der Waals surface area contributed by atoms with Crippen LogP contribution in [0.15, 0.2) is 77.2 Å². The van der Waals surface area contributed by atoms with Gasteiger partial charge in [0, 0.05) is 74.6 Å². The Bertz CT molecular complexity index is 1560. The molecule has 1 aromatic heterocycles. The summed E-state index contributed by atoms with van der Waals surface area (Å²) in [6.45, 7) is 9.26. The van der Waals surface area contributed by atoms with Gasteiger partial charge in [-0.15, -0.1) is 0 Å². The van der Waals surface area contributed by atoms with Crippen LogP contribution in [0.4, 0.5) is 11.4 Å². The summed E-state index contributed by atoms with van der Waals surface area (Å²) < 4.78 is 1.77. The van der Waals surface area contributed by atoms with Gasteiger partial charge >= 0.3 is 0 Å². The number of nitrogens with one attached hydrogen (secondary N) is 2. The van der Waals surface area contributed by atoms with Crippen LogP contribution in [-0.4, -0.2) is 64.9 Å². The standard InChI is InChI=1S/C33H37N7O/c1-24-8-12-29(33(41)35-30-14-10-27(11-15-30)22-40-18-16-38(3)17-19-40)20-28(24)13-9-26-6-5-7-32(34-21-26)36-31-23-39(4)37-25(31)2/h6-8,10-12,14-15,20-21,23,36H,5,16-19,22H2,1-4H3,(H,35,41). The van der Waals surface area contributed by atoms with Crippen LogP contribution >= 0.6 is 0 Å². The summed E-state index contributed by atoms with van der Waals surface area (Å²) in [6.07, 6.45) is 8.47. The lowest BCUT2D eigenvalue weighted by atomic mass is 10.0. The van der Waals surface area contributed by atoms with Gasteiger partial charge in [0.2, 0.25) is 0 Å². The SMILES string of the molecule is Cc1ccc(C(=O)Nc2ccc(CN3CCN(C)CC3)cc2)cc1C#CC1=CCC=C(Nc2cn(C)nc2C)N=C1. The van der Waals surface area contributed by atoms with E-state index in [1.807, 2.05) is 69.6 Å². The highest BCUT2D eigenvalue weighted by Crippen LogP contribution is 2.18. The zero-order chi connectivity index (χ0) is 28.8. The third kappa shape index (κ3) is 7.60. The molecule has 5 rings (SSSR count). The van der Waals surface area contributed by atoms with Gasteiger partial charge in [-0.2, -0.15) is 5.10 Å². The van der Waals surface area contributed by atoms with Crippen molar-refractivity contribution in [2.45, 2.75) is 26.8 Å². The number of aliphatic imine (C=N–C) groups is 1. The average Bonchev–Trinajstić information content (AvgIpc) is 3.13. The van der Waals surface area contributed by atoms with Crippen molar-refractivity contribution in [1.82, 2.24) is 19.6 Å². The molecule has 8 nitrogen and oxygen atoms in total. The number of carbonyl (C=O) groups is 1. The number of aryl methyl sites for hydroxylation is 3. The molecule has 0 aliphatic carbocycles. The fraction of sp³-hybridized carbons (Fsp3) is 0.303. The highest BCUT2D eigenvalue weighted by Gasteiger charge is 2.14. The molecule has 1 saturated heterocycles. The zero-order valence-corrected chi connectivity index (χ0v) is 24.2. The van der Waals surface area contributed by atoms with Crippen molar-refractivity contribution in [3.63, 3.8) is 0 Å². The van der Waals surface area contributed by atoms with E-state index in [0.717, 1.165) is 72.3 Å². The van der Waals surface area contributed by atoms with Gasteiger partial charge in [0.15, 0.2) is 0 Å². The number of benzene rings is 2. The molecule has 1 fully saturated rings. The summed E-state index contributed by atoms with van der Waals surface area (Å²) in [5.41, 5.74) is 7.11. The molecule has 2 aliphatic rings. The number of piperazine rings is 1. The van der Waals surface area contributed by atoms with Crippen molar-refractivity contribution in [1.29, 1.82) is 0 Å². The summed E-state index contributed by atoms with van der Waals surface area (Å²) in [4.78, 5) is 22.4. The van der Waals surface area contributed by atoms with Crippen LogP contribution in [0.5, 0.6) is 0 Å². The number of likely N-dealkylation sites (N-methyl/N-ethyl adjacent to an activating group) is 1. The number of amides is 1. The lowest BCUT2D eigenvalue weighted by Crippen LogP contribution is -2.43. The van der Waals surface area contributed by atoms with Crippen LogP contribution in [0.1, 0.15) is 39.2 Å². The first-order valence-corrected chi connectivity index (χ1v) is 14.0. The Morgan fingerprint density at radius 3 is 2.49 bits per heavy atom. The number of hydrogen-bond acceptors (Lipinski definition) is 6. The van der Waals surface area contributed by atoms with E-state index in [-0.39, 0.29) is 5.91 Å². The molecule has 8 heteroatoms. The first-order valence-electron chi connectivity index (χ1n) is 14.0. The maximum atomic E-state index is 13.0. The molecule has 0 spiro atoms. The first kappa shape index (κ1) is 28.1. The highest BCUT2D eigenvalue weighted by atomic mass is 16.1. The topological polar surface area (TPSA) is 77.8 Å². The fourth-order valence-corrected chi connectivity index (χ4v) is 4.77. The predicted octanol–water partition coefficient (Wildman–Crippen LogP) is 4.74. The minimum Gasteiger partial charge on any atom is -0.338 e. The lowest BCUT2D eigenvalue weighted by Gasteiger charge is -2.32. The van der Waals surface area contributed by atoms with Crippen LogP contribution in [0.3, 0.4) is 0 Å². The Balaban J connectivity index is 1.20. The van der Waals surface area contributed by atoms with E-state index in [1.54, 1.807) is 10.9 Å². The second-order valence-electron chi connectivity index (χ2n) is 10.7. The predicted molar refractivity (Wildman–Crippen MR) is 166 cm³/mol. The molecule has 0 atom stereocenters. The van der Waals surface area contributed by atoms with E-state index in [0.29, 0.717) is 12.0 Å². The summed E-state index contributed by atoms with van der Waals surface area (Å²) in [6, 6.07) is 13.8. The van der Waals surface area contributed by atoms with Gasteiger partial charge in [0.05, 0.1) is 11.4 Å². The normalized spacial score (nSPS) is 15.8. The van der Waals surface area contributed by atoms with Crippen molar-refractivity contribution >= 4 is 23.5 Å². The minimum atomic E-state index is -0.152. The van der Waals surface area contributed by atoms with E-state index in [1.165, 1.54) is 5.56 Å². The van der Waals surface area contributed by atoms with Crippen molar-refractivity contribution in [3.8, 4) is 11.8 Å². The largest absolute Gasteiger partial charge is 0.338 e. The number of aromatic nitrogens is 2. The average molecular weight is 548 g/mol. The Morgan fingerprint density at radius 2 is 1.76 bits per heavy atom. The summed E-state index contributed by atoms with van der Waals surface area (Å²) in [7, 11) is 4.06. The van der Waals surface area contributed by atoms with Gasteiger partial charge in [-0.25, -0.2) is 4.99 Å². The van der Waals surface area contributed by atoms with Gasteiger partial charge in [0.25, 0.3) is 5.91 Å². The second kappa shape index (κ2) is 12.8. The van der Waals surface area contributed by atoms with E-state index >= 15 is 0 Å². The molecule has 2 aromatic carbocycles. The van der Waals surface area contributed by atoms with Crippen molar-refractivity contribution in [2.75, 3.05) is 43.9 Å². The first-order chi connectivity index (χ1) is 19.8. The molecule has 3 heterocycles. The van der Waals surface area contributed by atoms with Gasteiger partial charge in [0.1, 0.15) is 5.82 Å². The molecule has 41 heavy (non-hydrogen) atoms. The van der Waals surface area contributed by atoms with E-state index in [9.17, 15) is 4.79 Å². The molecule has 2 aliphatic heterocycles. The Kier molecular flexibility index (Phi) is 8.78. The van der Waals surface area contributed by atoms with E-state index in [4.69, 9.17) is 0 Å². The highest BCUT2D eigenvalue weighted by molar-refractivity contribution is 6.04. The number of nitrogens with zero attached hydrogens (tertiary/aromatic N) is 5.